The molecule has 0 bridgehead atoms. The summed E-state index contributed by atoms with van der Waals surface area (Å²) in [5.74, 6) is 0. The van der Waals surface area contributed by atoms with E-state index in [1.807, 2.05) is 11.3 Å². The first-order valence-electron chi connectivity index (χ1n) is 7.29. The number of aryl methyl sites for hydroxylation is 1. The molecule has 1 nitrogen and oxygen atoms in total. The van der Waals surface area contributed by atoms with E-state index in [1.165, 1.54) is 41.9 Å². The number of thiophene rings is 1. The van der Waals surface area contributed by atoms with Gasteiger partial charge >= 0.3 is 0 Å². The van der Waals surface area contributed by atoms with Crippen LogP contribution in [-0.4, -0.2) is 12.1 Å². The lowest BCUT2D eigenvalue weighted by Gasteiger charge is -2.40. The molecule has 18 heavy (non-hydrogen) atoms. The van der Waals surface area contributed by atoms with Crippen LogP contribution >= 0.6 is 11.3 Å². The molecule has 1 heterocycles. The Labute approximate surface area is 116 Å². The zero-order chi connectivity index (χ0) is 13.2. The molecule has 2 unspecified atom stereocenters. The van der Waals surface area contributed by atoms with Crippen molar-refractivity contribution in [2.45, 2.75) is 71.9 Å². The van der Waals surface area contributed by atoms with E-state index in [4.69, 9.17) is 0 Å². The Hall–Kier alpha value is -0.340. The Morgan fingerprint density at radius 2 is 2.17 bits per heavy atom. The van der Waals surface area contributed by atoms with Crippen LogP contribution in [0.15, 0.2) is 12.1 Å². The maximum absolute atomic E-state index is 3.87. The highest BCUT2D eigenvalue weighted by atomic mass is 32.1. The first-order chi connectivity index (χ1) is 8.47. The first kappa shape index (κ1) is 14.1. The molecule has 0 aliphatic heterocycles. The fourth-order valence-electron chi connectivity index (χ4n) is 3.10. The minimum atomic E-state index is 0.470. The SMILES string of the molecule is Cc1ccc(CC(C)NC2CCCCC2(C)C)s1. The summed E-state index contributed by atoms with van der Waals surface area (Å²) in [5, 5.41) is 3.87. The van der Waals surface area contributed by atoms with Gasteiger partial charge in [0, 0.05) is 21.8 Å². The normalized spacial score (nSPS) is 25.0. The molecule has 2 heteroatoms. The van der Waals surface area contributed by atoms with Crippen LogP contribution in [0.5, 0.6) is 0 Å². The molecular formula is C16H27NS. The van der Waals surface area contributed by atoms with Crippen LogP contribution in [0, 0.1) is 12.3 Å². The molecule has 2 atom stereocenters. The van der Waals surface area contributed by atoms with E-state index in [1.54, 1.807) is 0 Å². The van der Waals surface area contributed by atoms with Gasteiger partial charge in [0.05, 0.1) is 0 Å². The minimum Gasteiger partial charge on any atom is -0.311 e. The van der Waals surface area contributed by atoms with Crippen LogP contribution in [0.1, 0.15) is 56.2 Å². The zero-order valence-electron chi connectivity index (χ0n) is 12.3. The maximum Gasteiger partial charge on any atom is 0.0121 e. The number of nitrogens with one attached hydrogen (secondary N) is 1. The molecule has 1 aliphatic rings. The van der Waals surface area contributed by atoms with E-state index in [-0.39, 0.29) is 0 Å². The van der Waals surface area contributed by atoms with Crippen molar-refractivity contribution in [3.63, 3.8) is 0 Å². The van der Waals surface area contributed by atoms with Crippen molar-refractivity contribution >= 4 is 11.3 Å². The van der Waals surface area contributed by atoms with Gasteiger partial charge in [-0.2, -0.15) is 0 Å². The molecule has 0 radical (unpaired) electrons. The van der Waals surface area contributed by atoms with Gasteiger partial charge in [0.15, 0.2) is 0 Å². The summed E-state index contributed by atoms with van der Waals surface area (Å²) < 4.78 is 0. The quantitative estimate of drug-likeness (QED) is 0.842. The molecule has 1 fully saturated rings. The Balaban J connectivity index is 1.88. The van der Waals surface area contributed by atoms with Gasteiger partial charge in [-0.25, -0.2) is 0 Å². The lowest BCUT2D eigenvalue weighted by atomic mass is 9.73. The van der Waals surface area contributed by atoms with Crippen molar-refractivity contribution in [2.75, 3.05) is 0 Å². The minimum absolute atomic E-state index is 0.470. The summed E-state index contributed by atoms with van der Waals surface area (Å²) in [6, 6.07) is 5.80. The fraction of sp³-hybridized carbons (Fsp3) is 0.750. The summed E-state index contributed by atoms with van der Waals surface area (Å²) in [5.41, 5.74) is 0.470. The van der Waals surface area contributed by atoms with E-state index >= 15 is 0 Å². The maximum atomic E-state index is 3.87. The Morgan fingerprint density at radius 3 is 2.78 bits per heavy atom. The van der Waals surface area contributed by atoms with Crippen molar-refractivity contribution < 1.29 is 0 Å². The average Bonchev–Trinajstić information content (AvgIpc) is 2.67. The van der Waals surface area contributed by atoms with Crippen molar-refractivity contribution in [3.05, 3.63) is 21.9 Å². The average molecular weight is 265 g/mol. The van der Waals surface area contributed by atoms with Crippen LogP contribution in [0.25, 0.3) is 0 Å². The molecule has 0 saturated heterocycles. The summed E-state index contributed by atoms with van der Waals surface area (Å²) in [4.78, 5) is 2.94. The number of hydrogen-bond donors (Lipinski definition) is 1. The first-order valence-corrected chi connectivity index (χ1v) is 8.10. The van der Waals surface area contributed by atoms with Crippen LogP contribution in [0.4, 0.5) is 0 Å². The summed E-state index contributed by atoms with van der Waals surface area (Å²) in [6.07, 6.45) is 6.69. The lowest BCUT2D eigenvalue weighted by Crippen LogP contribution is -2.48. The molecule has 102 valence electrons. The molecule has 0 aromatic carbocycles. The Kier molecular flexibility index (Phi) is 4.50. The van der Waals surface area contributed by atoms with Gasteiger partial charge < -0.3 is 5.32 Å². The second-order valence-electron chi connectivity index (χ2n) is 6.57. The highest BCUT2D eigenvalue weighted by Gasteiger charge is 2.32. The van der Waals surface area contributed by atoms with Gasteiger partial charge in [0.25, 0.3) is 0 Å². The molecule has 0 amide bonds. The van der Waals surface area contributed by atoms with E-state index in [0.29, 0.717) is 17.5 Å². The van der Waals surface area contributed by atoms with Gasteiger partial charge in [-0.05, 0) is 50.7 Å². The molecule has 1 aliphatic carbocycles. The third-order valence-corrected chi connectivity index (χ3v) is 5.32. The molecule has 1 N–H and O–H groups in total. The Morgan fingerprint density at radius 1 is 1.39 bits per heavy atom. The summed E-state index contributed by atoms with van der Waals surface area (Å²) in [6.45, 7) is 9.37. The van der Waals surface area contributed by atoms with E-state index in [0.717, 1.165) is 0 Å². The molecule has 1 aromatic heterocycles. The van der Waals surface area contributed by atoms with Crippen LogP contribution < -0.4 is 5.32 Å². The van der Waals surface area contributed by atoms with Crippen LogP contribution in [0.2, 0.25) is 0 Å². The second kappa shape index (κ2) is 5.75. The largest absolute Gasteiger partial charge is 0.311 e. The smallest absolute Gasteiger partial charge is 0.0121 e. The van der Waals surface area contributed by atoms with Crippen molar-refractivity contribution in [1.29, 1.82) is 0 Å². The van der Waals surface area contributed by atoms with Crippen LogP contribution in [0.3, 0.4) is 0 Å². The fourth-order valence-corrected chi connectivity index (χ4v) is 4.12. The van der Waals surface area contributed by atoms with Gasteiger partial charge in [0.1, 0.15) is 0 Å². The van der Waals surface area contributed by atoms with E-state index in [9.17, 15) is 0 Å². The molecule has 0 spiro atoms. The highest BCUT2D eigenvalue weighted by Crippen LogP contribution is 2.35. The lowest BCUT2D eigenvalue weighted by molar-refractivity contribution is 0.157. The third kappa shape index (κ3) is 3.58. The van der Waals surface area contributed by atoms with E-state index < -0.39 is 0 Å². The topological polar surface area (TPSA) is 12.0 Å². The zero-order valence-corrected chi connectivity index (χ0v) is 13.1. The monoisotopic (exact) mass is 265 g/mol. The summed E-state index contributed by atoms with van der Waals surface area (Å²) >= 11 is 1.94. The number of rotatable bonds is 4. The molecular weight excluding hydrogens is 238 g/mol. The standard InChI is InChI=1S/C16H27NS/c1-12(11-14-9-8-13(2)18-14)17-15-7-5-6-10-16(15,3)4/h8-9,12,15,17H,5-7,10-11H2,1-4H3. The molecule has 1 saturated carbocycles. The third-order valence-electron chi connectivity index (χ3n) is 4.30. The predicted molar refractivity (Wildman–Crippen MR) is 81.4 cm³/mol. The number of hydrogen-bond acceptors (Lipinski definition) is 2. The predicted octanol–water partition coefficient (Wildman–Crippen LogP) is 4.55. The van der Waals surface area contributed by atoms with Crippen molar-refractivity contribution in [3.8, 4) is 0 Å². The highest BCUT2D eigenvalue weighted by molar-refractivity contribution is 7.11. The van der Waals surface area contributed by atoms with Gasteiger partial charge in [-0.15, -0.1) is 11.3 Å². The van der Waals surface area contributed by atoms with Gasteiger partial charge in [-0.3, -0.25) is 0 Å². The van der Waals surface area contributed by atoms with Gasteiger partial charge in [-0.1, -0.05) is 26.7 Å². The molecule has 1 aromatic rings. The van der Waals surface area contributed by atoms with E-state index in [2.05, 4.69) is 45.1 Å². The Bertz CT molecular complexity index is 380. The van der Waals surface area contributed by atoms with Crippen LogP contribution in [-0.2, 0) is 6.42 Å². The second-order valence-corrected chi connectivity index (χ2v) is 7.94. The van der Waals surface area contributed by atoms with Gasteiger partial charge in [0.2, 0.25) is 0 Å². The van der Waals surface area contributed by atoms with Crippen molar-refractivity contribution in [2.24, 2.45) is 5.41 Å². The molecule has 2 rings (SSSR count). The summed E-state index contributed by atoms with van der Waals surface area (Å²) in [7, 11) is 0. The van der Waals surface area contributed by atoms with Crippen molar-refractivity contribution in [1.82, 2.24) is 5.32 Å².